The Balaban J connectivity index is 1.31. The van der Waals surface area contributed by atoms with E-state index in [2.05, 4.69) is 15.1 Å². The van der Waals surface area contributed by atoms with E-state index in [1.54, 1.807) is 4.90 Å². The smallest absolute Gasteiger partial charge is 0.260 e. The molecule has 0 atom stereocenters. The molecule has 1 aliphatic rings. The first-order valence-electron chi connectivity index (χ1n) is 9.70. The summed E-state index contributed by atoms with van der Waals surface area (Å²) in [5.74, 6) is 0.115. The van der Waals surface area contributed by atoms with Gasteiger partial charge >= 0.3 is 0 Å². The van der Waals surface area contributed by atoms with Gasteiger partial charge in [-0.05, 0) is 24.3 Å². The van der Waals surface area contributed by atoms with Crippen LogP contribution in [0, 0.1) is 5.82 Å². The summed E-state index contributed by atoms with van der Waals surface area (Å²) in [6.45, 7) is 2.08. The number of carbonyl (C=O) groups excluding carboxylic acids is 1. The Bertz CT molecular complexity index is 1040. The summed E-state index contributed by atoms with van der Waals surface area (Å²) in [5, 5.41) is 8.71. The second-order valence-electron chi connectivity index (χ2n) is 7.00. The second-order valence-corrected chi connectivity index (χ2v) is 7.81. The van der Waals surface area contributed by atoms with Crippen molar-refractivity contribution in [3.63, 3.8) is 0 Å². The van der Waals surface area contributed by atoms with Crippen LogP contribution in [0.15, 0.2) is 54.6 Å². The molecule has 3 aromatic rings. The van der Waals surface area contributed by atoms with Crippen LogP contribution in [0.2, 0.25) is 10.0 Å². The van der Waals surface area contributed by atoms with Gasteiger partial charge in [0.25, 0.3) is 5.91 Å². The standard InChI is InChI=1S/C22H19Cl2FN4O2/c23-17-12-16(25)13-18(24)22(17)31-14-21(30)29-10-8-28(9-11-29)20-7-6-19(26-27-20)15-4-2-1-3-5-15/h1-7,12-13H,8-11,14H2. The van der Waals surface area contributed by atoms with Gasteiger partial charge in [-0.25, -0.2) is 4.39 Å². The molecule has 1 saturated heterocycles. The van der Waals surface area contributed by atoms with Crippen molar-refractivity contribution < 1.29 is 13.9 Å². The van der Waals surface area contributed by atoms with Crippen LogP contribution in [0.1, 0.15) is 0 Å². The summed E-state index contributed by atoms with van der Waals surface area (Å²) >= 11 is 11.9. The zero-order chi connectivity index (χ0) is 21.8. The molecular weight excluding hydrogens is 442 g/mol. The molecule has 0 unspecified atom stereocenters. The maximum absolute atomic E-state index is 13.3. The van der Waals surface area contributed by atoms with E-state index in [0.29, 0.717) is 26.2 Å². The van der Waals surface area contributed by atoms with Crippen molar-refractivity contribution >= 4 is 34.9 Å². The Kier molecular flexibility index (Phi) is 6.53. The Morgan fingerprint density at radius 2 is 1.65 bits per heavy atom. The minimum Gasteiger partial charge on any atom is -0.481 e. The molecular formula is C22H19Cl2FN4O2. The quantitative estimate of drug-likeness (QED) is 0.567. The maximum atomic E-state index is 13.3. The summed E-state index contributed by atoms with van der Waals surface area (Å²) in [7, 11) is 0. The second kappa shape index (κ2) is 9.49. The van der Waals surface area contributed by atoms with Gasteiger partial charge in [0, 0.05) is 31.7 Å². The van der Waals surface area contributed by atoms with Crippen molar-refractivity contribution in [3.05, 3.63) is 70.5 Å². The summed E-state index contributed by atoms with van der Waals surface area (Å²) in [4.78, 5) is 16.3. The van der Waals surface area contributed by atoms with Gasteiger partial charge in [-0.1, -0.05) is 53.5 Å². The molecule has 2 heterocycles. The molecule has 9 heteroatoms. The SMILES string of the molecule is O=C(COc1c(Cl)cc(F)cc1Cl)N1CCN(c2ccc(-c3ccccc3)nn2)CC1. The number of carbonyl (C=O) groups is 1. The van der Waals surface area contributed by atoms with E-state index in [4.69, 9.17) is 27.9 Å². The molecule has 0 spiro atoms. The zero-order valence-corrected chi connectivity index (χ0v) is 18.0. The van der Waals surface area contributed by atoms with E-state index in [-0.39, 0.29) is 28.3 Å². The molecule has 1 amide bonds. The van der Waals surface area contributed by atoms with Gasteiger partial charge in [0.05, 0.1) is 15.7 Å². The first-order valence-corrected chi connectivity index (χ1v) is 10.5. The van der Waals surface area contributed by atoms with Gasteiger partial charge in [0.2, 0.25) is 0 Å². The number of ether oxygens (including phenoxy) is 1. The number of rotatable bonds is 5. The van der Waals surface area contributed by atoms with Crippen molar-refractivity contribution in [1.82, 2.24) is 15.1 Å². The van der Waals surface area contributed by atoms with Crippen LogP contribution in [0.5, 0.6) is 5.75 Å². The lowest BCUT2D eigenvalue weighted by molar-refractivity contribution is -0.133. The predicted octanol–water partition coefficient (Wildman–Crippen LogP) is 4.32. The van der Waals surface area contributed by atoms with E-state index < -0.39 is 5.82 Å². The van der Waals surface area contributed by atoms with E-state index in [9.17, 15) is 9.18 Å². The minimum absolute atomic E-state index is 0.0279. The number of benzene rings is 2. The highest BCUT2D eigenvalue weighted by atomic mass is 35.5. The lowest BCUT2D eigenvalue weighted by atomic mass is 10.1. The number of halogens is 3. The number of nitrogens with zero attached hydrogens (tertiary/aromatic N) is 4. The van der Waals surface area contributed by atoms with Crippen molar-refractivity contribution in [2.24, 2.45) is 0 Å². The molecule has 31 heavy (non-hydrogen) atoms. The lowest BCUT2D eigenvalue weighted by Crippen LogP contribution is -2.50. The molecule has 4 rings (SSSR count). The third-order valence-corrected chi connectivity index (χ3v) is 5.54. The largest absolute Gasteiger partial charge is 0.481 e. The summed E-state index contributed by atoms with van der Waals surface area (Å²) < 4.78 is 18.7. The highest BCUT2D eigenvalue weighted by Crippen LogP contribution is 2.33. The number of aromatic nitrogens is 2. The van der Waals surface area contributed by atoms with Crippen molar-refractivity contribution in [2.45, 2.75) is 0 Å². The van der Waals surface area contributed by atoms with Gasteiger partial charge in [-0.3, -0.25) is 4.79 Å². The monoisotopic (exact) mass is 460 g/mol. The van der Waals surface area contributed by atoms with Gasteiger partial charge in [0.1, 0.15) is 5.82 Å². The lowest BCUT2D eigenvalue weighted by Gasteiger charge is -2.35. The van der Waals surface area contributed by atoms with Crippen LogP contribution in [0.4, 0.5) is 10.2 Å². The maximum Gasteiger partial charge on any atom is 0.260 e. The summed E-state index contributed by atoms with van der Waals surface area (Å²) in [5.41, 5.74) is 1.83. The van der Waals surface area contributed by atoms with Crippen LogP contribution in [0.3, 0.4) is 0 Å². The third kappa shape index (κ3) is 5.06. The van der Waals surface area contributed by atoms with E-state index >= 15 is 0 Å². The molecule has 160 valence electrons. The number of piperazine rings is 1. The fourth-order valence-corrected chi connectivity index (χ4v) is 3.90. The van der Waals surface area contributed by atoms with Gasteiger partial charge in [0.15, 0.2) is 18.2 Å². The molecule has 0 aliphatic carbocycles. The van der Waals surface area contributed by atoms with Gasteiger partial charge < -0.3 is 14.5 Å². The van der Waals surface area contributed by atoms with Crippen LogP contribution in [0.25, 0.3) is 11.3 Å². The molecule has 0 N–H and O–H groups in total. The minimum atomic E-state index is -0.565. The van der Waals surface area contributed by atoms with Crippen molar-refractivity contribution in [2.75, 3.05) is 37.7 Å². The Morgan fingerprint density at radius 1 is 0.968 bits per heavy atom. The van der Waals surface area contributed by atoms with Crippen LogP contribution >= 0.6 is 23.2 Å². The van der Waals surface area contributed by atoms with E-state index in [0.717, 1.165) is 29.2 Å². The summed E-state index contributed by atoms with van der Waals surface area (Å²) in [6.07, 6.45) is 0. The molecule has 1 fully saturated rings. The Hall–Kier alpha value is -2.90. The number of hydrogen-bond acceptors (Lipinski definition) is 5. The van der Waals surface area contributed by atoms with Crippen molar-refractivity contribution in [1.29, 1.82) is 0 Å². The molecule has 1 aliphatic heterocycles. The fraction of sp³-hybridized carbons (Fsp3) is 0.227. The first-order chi connectivity index (χ1) is 15.0. The first kappa shape index (κ1) is 21.3. The van der Waals surface area contributed by atoms with Crippen LogP contribution in [-0.4, -0.2) is 53.8 Å². The molecule has 0 saturated carbocycles. The zero-order valence-electron chi connectivity index (χ0n) is 16.5. The van der Waals surface area contributed by atoms with Crippen LogP contribution < -0.4 is 9.64 Å². The third-order valence-electron chi connectivity index (χ3n) is 4.98. The average Bonchev–Trinajstić information content (AvgIpc) is 2.79. The predicted molar refractivity (Wildman–Crippen MR) is 118 cm³/mol. The fourth-order valence-electron chi connectivity index (χ4n) is 3.33. The normalized spacial score (nSPS) is 13.9. The molecule has 0 radical (unpaired) electrons. The van der Waals surface area contributed by atoms with Gasteiger partial charge in [-0.15, -0.1) is 10.2 Å². The highest BCUT2D eigenvalue weighted by Gasteiger charge is 2.23. The topological polar surface area (TPSA) is 58.6 Å². The molecule has 2 aromatic carbocycles. The number of amides is 1. The Morgan fingerprint density at radius 3 is 2.26 bits per heavy atom. The highest BCUT2D eigenvalue weighted by molar-refractivity contribution is 6.37. The molecule has 1 aromatic heterocycles. The van der Waals surface area contributed by atoms with Crippen molar-refractivity contribution in [3.8, 4) is 17.0 Å². The number of anilines is 1. The average molecular weight is 461 g/mol. The molecule has 6 nitrogen and oxygen atoms in total. The molecule has 0 bridgehead atoms. The van der Waals surface area contributed by atoms with Gasteiger partial charge in [-0.2, -0.15) is 0 Å². The number of hydrogen-bond donors (Lipinski definition) is 0. The van der Waals surface area contributed by atoms with E-state index in [1.807, 2.05) is 42.5 Å². The summed E-state index contributed by atoms with van der Waals surface area (Å²) in [6, 6.07) is 15.9. The van der Waals surface area contributed by atoms with Crippen LogP contribution in [-0.2, 0) is 4.79 Å². The Labute approximate surface area is 189 Å². The van der Waals surface area contributed by atoms with E-state index in [1.165, 1.54) is 0 Å².